The van der Waals surface area contributed by atoms with E-state index in [0.29, 0.717) is 17.9 Å². The van der Waals surface area contributed by atoms with E-state index in [1.54, 1.807) is 47.5 Å². The number of benzene rings is 2. The third kappa shape index (κ3) is 5.07. The van der Waals surface area contributed by atoms with Crippen LogP contribution in [-0.4, -0.2) is 41.4 Å². The summed E-state index contributed by atoms with van der Waals surface area (Å²) in [7, 11) is 1.71. The predicted molar refractivity (Wildman–Crippen MR) is 111 cm³/mol. The maximum Gasteiger partial charge on any atom is 0.251 e. The molecule has 0 saturated heterocycles. The first-order valence-electron chi connectivity index (χ1n) is 9.05. The molecule has 7 heteroatoms. The Hall–Kier alpha value is -2.93. The molecule has 28 heavy (non-hydrogen) atoms. The predicted octanol–water partition coefficient (Wildman–Crippen LogP) is 3.47. The van der Waals surface area contributed by atoms with E-state index in [2.05, 4.69) is 10.3 Å². The number of para-hydroxylation sites is 1. The molecular weight excluding hydrogens is 374 g/mol. The molecule has 0 bridgehead atoms. The summed E-state index contributed by atoms with van der Waals surface area (Å²) >= 11 is 1.57. The van der Waals surface area contributed by atoms with Crippen LogP contribution < -0.4 is 10.1 Å². The topological polar surface area (TPSA) is 71.5 Å². The Kier molecular flexibility index (Phi) is 6.26. The van der Waals surface area contributed by atoms with Crippen LogP contribution in [-0.2, 0) is 11.3 Å². The number of amides is 2. The van der Waals surface area contributed by atoms with Gasteiger partial charge >= 0.3 is 0 Å². The monoisotopic (exact) mass is 397 g/mol. The van der Waals surface area contributed by atoms with Gasteiger partial charge in [-0.3, -0.25) is 9.59 Å². The van der Waals surface area contributed by atoms with Gasteiger partial charge in [0.15, 0.2) is 0 Å². The summed E-state index contributed by atoms with van der Waals surface area (Å²) < 4.78 is 6.65. The van der Waals surface area contributed by atoms with Crippen LogP contribution in [0.2, 0.25) is 0 Å². The highest BCUT2D eigenvalue weighted by Crippen LogP contribution is 2.22. The minimum absolute atomic E-state index is 0.0650. The molecule has 0 spiro atoms. The molecule has 2 amide bonds. The molecular formula is C21H23N3O3S. The standard InChI is InChI=1S/C21H23N3O3S/c1-14(2)27-16-10-8-15(9-11-16)21(26)22-12-20(25)24(3)13-19-23-17-6-4-5-7-18(17)28-19/h4-11,14H,12-13H2,1-3H3,(H,22,26). The zero-order valence-corrected chi connectivity index (χ0v) is 17.0. The van der Waals surface area contributed by atoms with Crippen molar-refractivity contribution in [3.05, 3.63) is 59.1 Å². The molecule has 1 N–H and O–H groups in total. The molecule has 0 radical (unpaired) electrons. The number of nitrogens with one attached hydrogen (secondary N) is 1. The van der Waals surface area contributed by atoms with Gasteiger partial charge in [0.25, 0.3) is 5.91 Å². The van der Waals surface area contributed by atoms with E-state index >= 15 is 0 Å². The summed E-state index contributed by atoms with van der Waals surface area (Å²) in [5, 5.41) is 3.53. The van der Waals surface area contributed by atoms with E-state index in [0.717, 1.165) is 15.2 Å². The summed E-state index contributed by atoms with van der Waals surface area (Å²) in [6.07, 6.45) is 0.0725. The lowest BCUT2D eigenvalue weighted by molar-refractivity contribution is -0.129. The lowest BCUT2D eigenvalue weighted by Crippen LogP contribution is -2.37. The fourth-order valence-electron chi connectivity index (χ4n) is 2.63. The van der Waals surface area contributed by atoms with Crippen molar-refractivity contribution in [2.75, 3.05) is 13.6 Å². The fraction of sp³-hybridized carbons (Fsp3) is 0.286. The van der Waals surface area contributed by atoms with Crippen LogP contribution >= 0.6 is 11.3 Å². The van der Waals surface area contributed by atoms with Crippen LogP contribution in [0.4, 0.5) is 0 Å². The number of hydrogen-bond donors (Lipinski definition) is 1. The van der Waals surface area contributed by atoms with E-state index in [1.807, 2.05) is 38.1 Å². The van der Waals surface area contributed by atoms with E-state index in [9.17, 15) is 9.59 Å². The van der Waals surface area contributed by atoms with Crippen molar-refractivity contribution in [2.24, 2.45) is 0 Å². The van der Waals surface area contributed by atoms with E-state index in [1.165, 1.54) is 0 Å². The minimum atomic E-state index is -0.294. The Morgan fingerprint density at radius 2 is 1.86 bits per heavy atom. The van der Waals surface area contributed by atoms with Gasteiger partial charge in [0.05, 0.1) is 29.4 Å². The van der Waals surface area contributed by atoms with Crippen molar-refractivity contribution in [1.82, 2.24) is 15.2 Å². The fourth-order valence-corrected chi connectivity index (χ4v) is 3.65. The number of thiazole rings is 1. The van der Waals surface area contributed by atoms with Gasteiger partial charge < -0.3 is 15.0 Å². The van der Waals surface area contributed by atoms with Gasteiger partial charge in [0.2, 0.25) is 5.91 Å². The van der Waals surface area contributed by atoms with Crippen LogP contribution in [0.15, 0.2) is 48.5 Å². The molecule has 0 aliphatic carbocycles. The second-order valence-corrected chi connectivity index (χ2v) is 7.81. The third-order valence-corrected chi connectivity index (χ3v) is 5.05. The van der Waals surface area contributed by atoms with Crippen LogP contribution in [0.5, 0.6) is 5.75 Å². The molecule has 0 atom stereocenters. The third-order valence-electron chi connectivity index (χ3n) is 4.02. The molecule has 6 nitrogen and oxygen atoms in total. The number of ether oxygens (including phenoxy) is 1. The summed E-state index contributed by atoms with van der Waals surface area (Å²) in [6.45, 7) is 4.23. The van der Waals surface area contributed by atoms with Crippen molar-refractivity contribution < 1.29 is 14.3 Å². The van der Waals surface area contributed by atoms with Crippen LogP contribution in [0, 0.1) is 0 Å². The average molecular weight is 398 g/mol. The van der Waals surface area contributed by atoms with E-state index in [4.69, 9.17) is 4.74 Å². The summed E-state index contributed by atoms with van der Waals surface area (Å²) in [6, 6.07) is 14.7. The number of carbonyl (C=O) groups is 2. The molecule has 1 heterocycles. The van der Waals surface area contributed by atoms with Gasteiger partial charge in [0.1, 0.15) is 10.8 Å². The van der Waals surface area contributed by atoms with Crippen LogP contribution in [0.3, 0.4) is 0 Å². The summed E-state index contributed by atoms with van der Waals surface area (Å²) in [5.74, 6) is 0.239. The van der Waals surface area contributed by atoms with Gasteiger partial charge in [0, 0.05) is 12.6 Å². The summed E-state index contributed by atoms with van der Waals surface area (Å²) in [4.78, 5) is 30.7. The Morgan fingerprint density at radius 1 is 1.14 bits per heavy atom. The number of carbonyl (C=O) groups excluding carboxylic acids is 2. The second kappa shape index (κ2) is 8.84. The highest BCUT2D eigenvalue weighted by Gasteiger charge is 2.14. The smallest absolute Gasteiger partial charge is 0.251 e. The first-order chi connectivity index (χ1) is 13.4. The molecule has 3 aromatic rings. The number of likely N-dealkylation sites (N-methyl/N-ethyl adjacent to an activating group) is 1. The van der Waals surface area contributed by atoms with Crippen molar-refractivity contribution in [2.45, 2.75) is 26.5 Å². The van der Waals surface area contributed by atoms with Gasteiger partial charge in [-0.1, -0.05) is 12.1 Å². The van der Waals surface area contributed by atoms with Gasteiger partial charge in [-0.2, -0.15) is 0 Å². The SMILES string of the molecule is CC(C)Oc1ccc(C(=O)NCC(=O)N(C)Cc2nc3ccccc3s2)cc1. The largest absolute Gasteiger partial charge is 0.491 e. The lowest BCUT2D eigenvalue weighted by Gasteiger charge is -2.16. The van der Waals surface area contributed by atoms with Crippen molar-refractivity contribution in [3.63, 3.8) is 0 Å². The molecule has 0 fully saturated rings. The molecule has 3 rings (SSSR count). The zero-order chi connectivity index (χ0) is 20.1. The quantitative estimate of drug-likeness (QED) is 0.663. The van der Waals surface area contributed by atoms with Crippen LogP contribution in [0.25, 0.3) is 10.2 Å². The zero-order valence-electron chi connectivity index (χ0n) is 16.1. The van der Waals surface area contributed by atoms with Crippen LogP contribution in [0.1, 0.15) is 29.2 Å². The van der Waals surface area contributed by atoms with Crippen molar-refractivity contribution >= 4 is 33.4 Å². The first-order valence-corrected chi connectivity index (χ1v) is 9.87. The normalized spacial score (nSPS) is 10.9. The molecule has 0 aliphatic heterocycles. The summed E-state index contributed by atoms with van der Waals surface area (Å²) in [5.41, 5.74) is 1.42. The average Bonchev–Trinajstić information content (AvgIpc) is 3.08. The number of fused-ring (bicyclic) bond motifs is 1. The Labute approximate surface area is 168 Å². The van der Waals surface area contributed by atoms with Gasteiger partial charge in [-0.05, 0) is 50.2 Å². The van der Waals surface area contributed by atoms with Gasteiger partial charge in [-0.15, -0.1) is 11.3 Å². The molecule has 1 aromatic heterocycles. The molecule has 146 valence electrons. The van der Waals surface area contributed by atoms with Crippen molar-refractivity contribution in [1.29, 1.82) is 0 Å². The van der Waals surface area contributed by atoms with Crippen molar-refractivity contribution in [3.8, 4) is 5.75 Å². The molecule has 2 aromatic carbocycles. The first kappa shape index (κ1) is 19.8. The lowest BCUT2D eigenvalue weighted by atomic mass is 10.2. The van der Waals surface area contributed by atoms with E-state index in [-0.39, 0.29) is 24.5 Å². The Bertz CT molecular complexity index is 933. The number of rotatable bonds is 7. The maximum absolute atomic E-state index is 12.3. The Morgan fingerprint density at radius 3 is 2.54 bits per heavy atom. The highest BCUT2D eigenvalue weighted by molar-refractivity contribution is 7.18. The highest BCUT2D eigenvalue weighted by atomic mass is 32.1. The number of hydrogen-bond acceptors (Lipinski definition) is 5. The molecule has 0 saturated carbocycles. The Balaban J connectivity index is 1.51. The minimum Gasteiger partial charge on any atom is -0.491 e. The molecule has 0 aliphatic rings. The number of nitrogens with zero attached hydrogens (tertiary/aromatic N) is 2. The number of aromatic nitrogens is 1. The molecule has 0 unspecified atom stereocenters. The maximum atomic E-state index is 12.3. The van der Waals surface area contributed by atoms with Gasteiger partial charge in [-0.25, -0.2) is 4.98 Å². The van der Waals surface area contributed by atoms with E-state index < -0.39 is 0 Å². The second-order valence-electron chi connectivity index (χ2n) is 6.70.